The van der Waals surface area contributed by atoms with Crippen molar-refractivity contribution in [1.29, 1.82) is 0 Å². The Labute approximate surface area is 128 Å². The highest BCUT2D eigenvalue weighted by Gasteiger charge is 2.06. The summed E-state index contributed by atoms with van der Waals surface area (Å²) in [5, 5.41) is 0. The molecule has 0 aliphatic heterocycles. The number of benzene rings is 2. The van der Waals surface area contributed by atoms with Gasteiger partial charge in [0.05, 0.1) is 0 Å². The van der Waals surface area contributed by atoms with Crippen molar-refractivity contribution in [1.82, 2.24) is 4.90 Å². The first-order chi connectivity index (χ1) is 10.2. The van der Waals surface area contributed by atoms with E-state index in [9.17, 15) is 0 Å². The lowest BCUT2D eigenvalue weighted by Gasteiger charge is -2.22. The van der Waals surface area contributed by atoms with E-state index < -0.39 is 0 Å². The van der Waals surface area contributed by atoms with Gasteiger partial charge >= 0.3 is 0 Å². The van der Waals surface area contributed by atoms with E-state index in [1.54, 1.807) is 0 Å². The molecule has 0 bridgehead atoms. The third-order valence-electron chi connectivity index (χ3n) is 3.61. The van der Waals surface area contributed by atoms with Gasteiger partial charge in [-0.15, -0.1) is 0 Å². The van der Waals surface area contributed by atoms with Crippen LogP contribution >= 0.6 is 0 Å². The minimum Gasteiger partial charge on any atom is -0.299 e. The predicted molar refractivity (Wildman–Crippen MR) is 91.5 cm³/mol. The molecular formula is C20H25N. The average molecular weight is 279 g/mol. The molecular weight excluding hydrogens is 254 g/mol. The van der Waals surface area contributed by atoms with Crippen molar-refractivity contribution in [3.63, 3.8) is 0 Å². The fraction of sp³-hybridized carbons (Fsp3) is 0.300. The maximum absolute atomic E-state index is 4.06. The Balaban J connectivity index is 1.87. The largest absolute Gasteiger partial charge is 0.299 e. The zero-order chi connectivity index (χ0) is 14.9. The molecule has 2 aromatic carbocycles. The van der Waals surface area contributed by atoms with Gasteiger partial charge in [-0.05, 0) is 30.9 Å². The first-order valence-corrected chi connectivity index (χ1v) is 7.68. The topological polar surface area (TPSA) is 3.24 Å². The van der Waals surface area contributed by atoms with Crippen LogP contribution in [0.2, 0.25) is 0 Å². The smallest absolute Gasteiger partial charge is 0.0187 e. The maximum Gasteiger partial charge on any atom is 0.0187 e. The van der Waals surface area contributed by atoms with Crippen molar-refractivity contribution >= 4 is 0 Å². The van der Waals surface area contributed by atoms with Crippen LogP contribution in [0.1, 0.15) is 18.1 Å². The molecule has 0 saturated heterocycles. The number of nitrogens with zero attached hydrogens (tertiary/aromatic N) is 1. The van der Waals surface area contributed by atoms with Gasteiger partial charge in [0, 0.05) is 19.6 Å². The van der Waals surface area contributed by atoms with E-state index in [4.69, 9.17) is 0 Å². The molecule has 0 radical (unpaired) electrons. The summed E-state index contributed by atoms with van der Waals surface area (Å²) in [6, 6.07) is 21.4. The van der Waals surface area contributed by atoms with Crippen molar-refractivity contribution in [3.8, 4) is 0 Å². The minimum absolute atomic E-state index is 0.986. The van der Waals surface area contributed by atoms with E-state index in [2.05, 4.69) is 79.1 Å². The van der Waals surface area contributed by atoms with Crippen molar-refractivity contribution < 1.29 is 0 Å². The molecule has 2 aromatic rings. The van der Waals surface area contributed by atoms with Crippen LogP contribution in [-0.2, 0) is 12.8 Å². The summed E-state index contributed by atoms with van der Waals surface area (Å²) in [7, 11) is 0. The van der Waals surface area contributed by atoms with Crippen molar-refractivity contribution in [2.45, 2.75) is 19.8 Å². The molecule has 0 fully saturated rings. The van der Waals surface area contributed by atoms with Crippen LogP contribution in [0.3, 0.4) is 0 Å². The summed E-state index contributed by atoms with van der Waals surface area (Å²) >= 11 is 0. The Morgan fingerprint density at radius 3 is 1.62 bits per heavy atom. The summed E-state index contributed by atoms with van der Waals surface area (Å²) in [5.41, 5.74) is 4.05. The summed E-state index contributed by atoms with van der Waals surface area (Å²) in [5.74, 6) is 0. The third kappa shape index (κ3) is 5.97. The molecule has 2 rings (SSSR count). The van der Waals surface area contributed by atoms with Crippen LogP contribution in [0, 0.1) is 0 Å². The van der Waals surface area contributed by atoms with Gasteiger partial charge in [-0.1, -0.05) is 72.8 Å². The van der Waals surface area contributed by atoms with Gasteiger partial charge in [-0.25, -0.2) is 0 Å². The Kier molecular flexibility index (Phi) is 6.23. The van der Waals surface area contributed by atoms with Crippen LogP contribution in [-0.4, -0.2) is 24.5 Å². The van der Waals surface area contributed by atoms with Gasteiger partial charge < -0.3 is 0 Å². The molecule has 1 heteroatoms. The molecule has 0 N–H and O–H groups in total. The lowest BCUT2D eigenvalue weighted by atomic mass is 10.1. The Morgan fingerprint density at radius 1 is 0.810 bits per heavy atom. The molecule has 0 spiro atoms. The van der Waals surface area contributed by atoms with Crippen LogP contribution in [0.4, 0.5) is 0 Å². The molecule has 0 aromatic heterocycles. The zero-order valence-electron chi connectivity index (χ0n) is 13.0. The first kappa shape index (κ1) is 15.5. The number of hydrogen-bond donors (Lipinski definition) is 0. The van der Waals surface area contributed by atoms with Gasteiger partial charge in [-0.2, -0.15) is 0 Å². The van der Waals surface area contributed by atoms with Crippen LogP contribution in [0.5, 0.6) is 0 Å². The molecule has 0 amide bonds. The fourth-order valence-corrected chi connectivity index (χ4v) is 2.52. The van der Waals surface area contributed by atoms with E-state index in [-0.39, 0.29) is 0 Å². The predicted octanol–water partition coefficient (Wildman–Crippen LogP) is 4.35. The molecule has 21 heavy (non-hydrogen) atoms. The van der Waals surface area contributed by atoms with Crippen molar-refractivity contribution in [2.75, 3.05) is 19.6 Å². The van der Waals surface area contributed by atoms with E-state index >= 15 is 0 Å². The number of rotatable bonds is 8. The number of hydrogen-bond acceptors (Lipinski definition) is 1. The quantitative estimate of drug-likeness (QED) is 0.649. The van der Waals surface area contributed by atoms with E-state index in [0.717, 1.165) is 32.5 Å². The molecule has 0 aliphatic rings. The summed E-state index contributed by atoms with van der Waals surface area (Å²) < 4.78 is 0. The highest BCUT2D eigenvalue weighted by molar-refractivity contribution is 5.16. The SMILES string of the molecule is C=C(C)CN(CCc1ccccc1)CCc1ccccc1. The van der Waals surface area contributed by atoms with Gasteiger partial charge in [-0.3, -0.25) is 4.90 Å². The highest BCUT2D eigenvalue weighted by atomic mass is 15.1. The molecule has 0 atom stereocenters. The second-order valence-corrected chi connectivity index (χ2v) is 5.70. The summed E-state index contributed by atoms with van der Waals surface area (Å²) in [6.07, 6.45) is 2.20. The molecule has 0 saturated carbocycles. The van der Waals surface area contributed by atoms with E-state index in [1.165, 1.54) is 16.7 Å². The monoisotopic (exact) mass is 279 g/mol. The second-order valence-electron chi connectivity index (χ2n) is 5.70. The van der Waals surface area contributed by atoms with Crippen LogP contribution < -0.4 is 0 Å². The summed E-state index contributed by atoms with van der Waals surface area (Å²) in [4.78, 5) is 2.50. The lowest BCUT2D eigenvalue weighted by Crippen LogP contribution is -2.30. The normalized spacial score (nSPS) is 10.8. The van der Waals surface area contributed by atoms with Crippen LogP contribution in [0.25, 0.3) is 0 Å². The fourth-order valence-electron chi connectivity index (χ4n) is 2.52. The highest BCUT2D eigenvalue weighted by Crippen LogP contribution is 2.06. The zero-order valence-corrected chi connectivity index (χ0v) is 13.0. The van der Waals surface area contributed by atoms with Gasteiger partial charge in [0.15, 0.2) is 0 Å². The Hall–Kier alpha value is -1.86. The van der Waals surface area contributed by atoms with Crippen molar-refractivity contribution in [2.24, 2.45) is 0 Å². The van der Waals surface area contributed by atoms with E-state index in [1.807, 2.05) is 0 Å². The van der Waals surface area contributed by atoms with Crippen LogP contribution in [0.15, 0.2) is 72.8 Å². The molecule has 1 nitrogen and oxygen atoms in total. The van der Waals surface area contributed by atoms with Gasteiger partial charge in [0.25, 0.3) is 0 Å². The standard InChI is InChI=1S/C20H25N/c1-18(2)17-21(15-13-19-9-5-3-6-10-19)16-14-20-11-7-4-8-12-20/h3-12H,1,13-17H2,2H3. The molecule has 0 aliphatic carbocycles. The minimum atomic E-state index is 0.986. The van der Waals surface area contributed by atoms with Gasteiger partial charge in [0.1, 0.15) is 0 Å². The third-order valence-corrected chi connectivity index (χ3v) is 3.61. The summed E-state index contributed by atoms with van der Waals surface area (Å²) in [6.45, 7) is 9.33. The Morgan fingerprint density at radius 2 is 1.24 bits per heavy atom. The first-order valence-electron chi connectivity index (χ1n) is 7.68. The molecule has 0 unspecified atom stereocenters. The maximum atomic E-state index is 4.06. The second kappa shape index (κ2) is 8.43. The van der Waals surface area contributed by atoms with Gasteiger partial charge in [0.2, 0.25) is 0 Å². The van der Waals surface area contributed by atoms with E-state index in [0.29, 0.717) is 0 Å². The average Bonchev–Trinajstić information content (AvgIpc) is 2.51. The Bertz CT molecular complexity index is 487. The lowest BCUT2D eigenvalue weighted by molar-refractivity contribution is 0.304. The molecule has 110 valence electrons. The van der Waals surface area contributed by atoms with Crippen molar-refractivity contribution in [3.05, 3.63) is 83.9 Å². The molecule has 0 heterocycles.